The van der Waals surface area contributed by atoms with Crippen LogP contribution in [0.4, 0.5) is 0 Å². The maximum Gasteiger partial charge on any atom is 0.338 e. The Balaban J connectivity index is 1.41. The van der Waals surface area contributed by atoms with Crippen molar-refractivity contribution in [2.45, 2.75) is 44.9 Å². The molecule has 0 spiro atoms. The normalized spacial score (nSPS) is 20.0. The lowest BCUT2D eigenvalue weighted by Gasteiger charge is -2.36. The van der Waals surface area contributed by atoms with Crippen molar-refractivity contribution in [2.75, 3.05) is 27.4 Å². The van der Waals surface area contributed by atoms with Crippen molar-refractivity contribution in [2.24, 2.45) is 4.99 Å². The number of hydrogen-bond acceptors (Lipinski definition) is 9. The molecule has 0 aliphatic carbocycles. The highest BCUT2D eigenvalue weighted by atomic mass is 32.2. The Labute approximate surface area is 238 Å². The topological polar surface area (TPSA) is 98.7 Å². The zero-order chi connectivity index (χ0) is 28.1. The van der Waals surface area contributed by atoms with Gasteiger partial charge in [0.2, 0.25) is 5.91 Å². The monoisotopic (exact) mass is 563 g/mol. The summed E-state index contributed by atoms with van der Waals surface area (Å²) in [6.45, 7) is 3.40. The van der Waals surface area contributed by atoms with Gasteiger partial charge in [-0.2, -0.15) is 0 Å². The first-order valence-electron chi connectivity index (χ1n) is 13.2. The molecule has 210 valence electrons. The summed E-state index contributed by atoms with van der Waals surface area (Å²) >= 11 is 1.43. The van der Waals surface area contributed by atoms with Crippen LogP contribution in [0, 0.1) is 0 Å². The van der Waals surface area contributed by atoms with Gasteiger partial charge < -0.3 is 29.2 Å². The Morgan fingerprint density at radius 1 is 1.15 bits per heavy atom. The minimum Gasteiger partial charge on any atom is -0.493 e. The van der Waals surface area contributed by atoms with Crippen LogP contribution in [-0.2, 0) is 25.7 Å². The van der Waals surface area contributed by atoms with Gasteiger partial charge in [0.15, 0.2) is 16.7 Å². The molecule has 1 saturated heterocycles. The molecule has 10 heteroatoms. The zero-order valence-corrected chi connectivity index (χ0v) is 23.7. The first kappa shape index (κ1) is 27.8. The summed E-state index contributed by atoms with van der Waals surface area (Å²) in [6, 6.07) is 14.9. The molecule has 3 heterocycles. The number of fused-ring (bicyclic) bond motifs is 1. The molecular formula is C30H33N3O6S. The van der Waals surface area contributed by atoms with Crippen LogP contribution in [0.3, 0.4) is 0 Å². The van der Waals surface area contributed by atoms with Crippen LogP contribution < -0.4 is 14.8 Å². The molecule has 3 aliphatic heterocycles. The zero-order valence-electron chi connectivity index (χ0n) is 22.8. The van der Waals surface area contributed by atoms with Crippen molar-refractivity contribution in [1.29, 1.82) is 0 Å². The number of aliphatic imine (C=N–C) groups is 1. The van der Waals surface area contributed by atoms with E-state index in [1.165, 1.54) is 18.9 Å². The summed E-state index contributed by atoms with van der Waals surface area (Å²) in [5.74, 6) is 0.523. The van der Waals surface area contributed by atoms with Crippen LogP contribution in [0.5, 0.6) is 11.5 Å². The minimum absolute atomic E-state index is 0.0577. The van der Waals surface area contributed by atoms with Crippen LogP contribution >= 0.6 is 11.8 Å². The number of methoxy groups -OCH3 is 2. The van der Waals surface area contributed by atoms with E-state index in [0.29, 0.717) is 41.1 Å². The Hall–Kier alpha value is -3.76. The highest BCUT2D eigenvalue weighted by Gasteiger charge is 2.41. The van der Waals surface area contributed by atoms with Crippen molar-refractivity contribution >= 4 is 28.8 Å². The third kappa shape index (κ3) is 6.03. The van der Waals surface area contributed by atoms with Crippen molar-refractivity contribution in [3.05, 3.63) is 82.0 Å². The molecule has 2 atom stereocenters. The van der Waals surface area contributed by atoms with Crippen molar-refractivity contribution in [3.63, 3.8) is 0 Å². The number of rotatable bonds is 10. The van der Waals surface area contributed by atoms with E-state index in [1.807, 2.05) is 58.8 Å². The van der Waals surface area contributed by atoms with Gasteiger partial charge in [-0.3, -0.25) is 4.79 Å². The molecule has 0 unspecified atom stereocenters. The number of hydrogen-bond donors (Lipinski definition) is 1. The Morgan fingerprint density at radius 2 is 1.98 bits per heavy atom. The average molecular weight is 564 g/mol. The van der Waals surface area contributed by atoms with Gasteiger partial charge in [0.1, 0.15) is 6.61 Å². The van der Waals surface area contributed by atoms with Crippen molar-refractivity contribution < 1.29 is 28.5 Å². The van der Waals surface area contributed by atoms with Crippen LogP contribution in [0.1, 0.15) is 43.4 Å². The largest absolute Gasteiger partial charge is 0.493 e. The number of amidine groups is 1. The first-order valence-corrected chi connectivity index (χ1v) is 14.1. The number of benzene rings is 2. The van der Waals surface area contributed by atoms with E-state index in [0.717, 1.165) is 36.3 Å². The molecule has 0 bridgehead atoms. The number of carbonyl (C=O) groups excluding carboxylic acids is 2. The van der Waals surface area contributed by atoms with E-state index in [2.05, 4.69) is 10.3 Å². The Morgan fingerprint density at radius 3 is 2.70 bits per heavy atom. The molecule has 0 saturated carbocycles. The fraction of sp³-hybridized carbons (Fsp3) is 0.367. The fourth-order valence-corrected chi connectivity index (χ4v) is 5.99. The predicted molar refractivity (Wildman–Crippen MR) is 153 cm³/mol. The Bertz CT molecular complexity index is 1350. The first-order chi connectivity index (χ1) is 19.5. The number of thioether (sulfide) groups is 1. The number of allylic oxidation sites excluding steroid dienone is 1. The third-order valence-electron chi connectivity index (χ3n) is 7.04. The lowest BCUT2D eigenvalue weighted by Crippen LogP contribution is -2.38. The molecule has 2 aromatic rings. The molecule has 0 radical (unpaired) electrons. The summed E-state index contributed by atoms with van der Waals surface area (Å²) in [6.07, 6.45) is 2.16. The third-order valence-corrected chi connectivity index (χ3v) is 7.93. The van der Waals surface area contributed by atoms with Gasteiger partial charge in [0.25, 0.3) is 0 Å². The molecule has 9 nitrogen and oxygen atoms in total. The van der Waals surface area contributed by atoms with Gasteiger partial charge in [-0.15, -0.1) is 0 Å². The van der Waals surface area contributed by atoms with Gasteiger partial charge >= 0.3 is 5.97 Å². The maximum absolute atomic E-state index is 13.1. The summed E-state index contributed by atoms with van der Waals surface area (Å²) in [7, 11) is 2.94. The molecule has 0 aromatic heterocycles. The van der Waals surface area contributed by atoms with Crippen LogP contribution in [0.15, 0.2) is 75.9 Å². The fourth-order valence-electron chi connectivity index (χ4n) is 5.02. The molecule has 40 heavy (non-hydrogen) atoms. The van der Waals surface area contributed by atoms with Crippen LogP contribution in [-0.4, -0.2) is 55.4 Å². The average Bonchev–Trinajstić information content (AvgIpc) is 3.64. The van der Waals surface area contributed by atoms with E-state index in [-0.39, 0.29) is 18.4 Å². The summed E-state index contributed by atoms with van der Waals surface area (Å²) in [5, 5.41) is 5.60. The van der Waals surface area contributed by atoms with Crippen LogP contribution in [0.25, 0.3) is 0 Å². The van der Waals surface area contributed by atoms with Crippen molar-refractivity contribution in [1.82, 2.24) is 10.2 Å². The van der Waals surface area contributed by atoms with E-state index in [9.17, 15) is 9.59 Å². The van der Waals surface area contributed by atoms with Crippen LogP contribution in [0.2, 0.25) is 0 Å². The standard InChI is InChI=1S/C30H33N3O6S/c1-19-27(29(35)37-3)28(21-11-12-24(25(14-21)36-2)39-17-20-8-5-4-6-9-20)33-22(18-40-30(33)32-19)15-26(34)31-16-23-10-7-13-38-23/h4-6,8-9,11-12,14,18,23,28H,7,10,13,15-17H2,1-3H3,(H,31,34)/t23-,28+/m1/s1. The second-order valence-corrected chi connectivity index (χ2v) is 10.5. The second-order valence-electron chi connectivity index (χ2n) is 9.69. The SMILES string of the molecule is COC(=O)C1=C(C)N=C2SC=C(CC(=O)NC[C@H]3CCCO3)N2[C@H]1c1ccc(OCc2ccccc2)c(OC)c1. The predicted octanol–water partition coefficient (Wildman–Crippen LogP) is 4.71. The van der Waals surface area contributed by atoms with E-state index in [1.54, 1.807) is 14.0 Å². The molecule has 5 rings (SSSR count). The second kappa shape index (κ2) is 12.6. The van der Waals surface area contributed by atoms with Gasteiger partial charge in [-0.05, 0) is 48.4 Å². The van der Waals surface area contributed by atoms with E-state index >= 15 is 0 Å². The lowest BCUT2D eigenvalue weighted by atomic mass is 9.93. The highest BCUT2D eigenvalue weighted by Crippen LogP contribution is 2.46. The summed E-state index contributed by atoms with van der Waals surface area (Å²) in [4.78, 5) is 32.6. The van der Waals surface area contributed by atoms with Gasteiger partial charge in [-0.25, -0.2) is 9.79 Å². The lowest BCUT2D eigenvalue weighted by molar-refractivity contribution is -0.136. The van der Waals surface area contributed by atoms with E-state index in [4.69, 9.17) is 18.9 Å². The maximum atomic E-state index is 13.1. The highest BCUT2D eigenvalue weighted by molar-refractivity contribution is 8.16. The number of amides is 1. The molecule has 1 N–H and O–H groups in total. The minimum atomic E-state index is -0.566. The van der Waals surface area contributed by atoms with Gasteiger partial charge in [0.05, 0.1) is 44.1 Å². The molecule has 2 aromatic carbocycles. The molecule has 3 aliphatic rings. The number of esters is 1. The van der Waals surface area contributed by atoms with Gasteiger partial charge in [0, 0.05) is 18.8 Å². The summed E-state index contributed by atoms with van der Waals surface area (Å²) < 4.78 is 22.6. The number of carbonyl (C=O) groups is 2. The summed E-state index contributed by atoms with van der Waals surface area (Å²) in [5.41, 5.74) is 3.53. The molecule has 1 fully saturated rings. The van der Waals surface area contributed by atoms with Gasteiger partial charge in [-0.1, -0.05) is 48.2 Å². The molecular weight excluding hydrogens is 530 g/mol. The van der Waals surface area contributed by atoms with Crippen molar-refractivity contribution in [3.8, 4) is 11.5 Å². The molecule has 1 amide bonds. The number of nitrogens with zero attached hydrogens (tertiary/aromatic N) is 2. The number of nitrogens with one attached hydrogen (secondary N) is 1. The van der Waals surface area contributed by atoms with E-state index < -0.39 is 12.0 Å². The quantitative estimate of drug-likeness (QED) is 0.415. The Kier molecular flexibility index (Phi) is 8.76. The smallest absolute Gasteiger partial charge is 0.338 e. The number of ether oxygens (including phenoxy) is 4.